The van der Waals surface area contributed by atoms with Crippen LogP contribution in [0.3, 0.4) is 0 Å². The Bertz CT molecular complexity index is 1570. The van der Waals surface area contributed by atoms with E-state index in [1.165, 1.54) is 11.3 Å². The van der Waals surface area contributed by atoms with Crippen LogP contribution in [-0.2, 0) is 4.79 Å². The van der Waals surface area contributed by atoms with E-state index in [0.717, 1.165) is 10.4 Å². The number of nitrogens with zero attached hydrogens (tertiary/aromatic N) is 2. The lowest BCUT2D eigenvalue weighted by atomic mass is 9.95. The van der Waals surface area contributed by atoms with Crippen molar-refractivity contribution in [2.24, 2.45) is 4.99 Å². The van der Waals surface area contributed by atoms with Gasteiger partial charge in [0.2, 0.25) is 0 Å². The first-order valence-electron chi connectivity index (χ1n) is 10.6. The largest absolute Gasteiger partial charge is 0.497 e. The number of amides is 1. The van der Waals surface area contributed by atoms with Crippen LogP contribution in [0, 0.1) is 0 Å². The standard InChI is InChI=1S/C26H21N3O3S2/c1-16-22(24(30)28-18-9-4-3-5-10-18)23(17-8-6-11-19(14-17)32-2)29-25(31)21(34-26(29)27-16)15-20-12-7-13-33-20/h3-15,23H,1-2H3,(H,28,30)/t23-/m0/s1. The van der Waals surface area contributed by atoms with E-state index in [4.69, 9.17) is 4.74 Å². The number of ether oxygens (including phenoxy) is 1. The minimum atomic E-state index is -0.638. The third kappa shape index (κ3) is 4.13. The molecule has 6 nitrogen and oxygen atoms in total. The van der Waals surface area contributed by atoms with Crippen molar-refractivity contribution in [3.63, 3.8) is 0 Å². The fourth-order valence-corrected chi connectivity index (χ4v) is 5.73. The molecule has 1 N–H and O–H groups in total. The molecule has 0 saturated heterocycles. The molecule has 2 aromatic heterocycles. The summed E-state index contributed by atoms with van der Waals surface area (Å²) in [6.45, 7) is 1.81. The van der Waals surface area contributed by atoms with E-state index in [0.29, 0.717) is 32.0 Å². The Labute approximate surface area is 203 Å². The molecule has 1 aliphatic rings. The van der Waals surface area contributed by atoms with Gasteiger partial charge in [0.05, 0.1) is 29.0 Å². The maximum atomic E-state index is 13.6. The monoisotopic (exact) mass is 487 g/mol. The number of thiophene rings is 1. The van der Waals surface area contributed by atoms with Gasteiger partial charge in [-0.05, 0) is 54.3 Å². The number of aromatic nitrogens is 1. The zero-order chi connectivity index (χ0) is 23.7. The van der Waals surface area contributed by atoms with E-state index in [1.54, 1.807) is 23.0 Å². The summed E-state index contributed by atoms with van der Waals surface area (Å²) in [6, 6.07) is 20.0. The van der Waals surface area contributed by atoms with Crippen LogP contribution in [0.1, 0.15) is 23.4 Å². The summed E-state index contributed by atoms with van der Waals surface area (Å²) in [5, 5.41) is 4.93. The third-order valence-corrected chi connectivity index (χ3v) is 7.33. The van der Waals surface area contributed by atoms with E-state index in [-0.39, 0.29) is 11.5 Å². The lowest BCUT2D eigenvalue weighted by molar-refractivity contribution is -0.113. The van der Waals surface area contributed by atoms with Crippen molar-refractivity contribution in [3.8, 4) is 5.75 Å². The molecule has 0 bridgehead atoms. The summed E-state index contributed by atoms with van der Waals surface area (Å²) < 4.78 is 7.62. The smallest absolute Gasteiger partial charge is 0.271 e. The van der Waals surface area contributed by atoms with Crippen LogP contribution in [0.2, 0.25) is 0 Å². The highest BCUT2D eigenvalue weighted by Crippen LogP contribution is 2.32. The molecule has 34 heavy (non-hydrogen) atoms. The second-order valence-corrected chi connectivity index (χ2v) is 9.68. The van der Waals surface area contributed by atoms with Gasteiger partial charge in [0.15, 0.2) is 4.80 Å². The van der Waals surface area contributed by atoms with Crippen LogP contribution in [0.4, 0.5) is 5.69 Å². The zero-order valence-corrected chi connectivity index (χ0v) is 20.2. The number of carbonyl (C=O) groups excluding carboxylic acids is 1. The number of benzene rings is 2. The summed E-state index contributed by atoms with van der Waals surface area (Å²) in [5.41, 5.74) is 2.27. The van der Waals surface area contributed by atoms with Crippen LogP contribution < -0.4 is 24.9 Å². The first-order valence-corrected chi connectivity index (χ1v) is 12.3. The number of hydrogen-bond acceptors (Lipinski definition) is 6. The highest BCUT2D eigenvalue weighted by atomic mass is 32.1. The van der Waals surface area contributed by atoms with Crippen molar-refractivity contribution in [2.75, 3.05) is 12.4 Å². The van der Waals surface area contributed by atoms with Crippen LogP contribution >= 0.6 is 22.7 Å². The van der Waals surface area contributed by atoms with Gasteiger partial charge in [0.25, 0.3) is 11.5 Å². The van der Waals surface area contributed by atoms with E-state index >= 15 is 0 Å². The molecule has 0 saturated carbocycles. The van der Waals surface area contributed by atoms with Crippen LogP contribution in [-0.4, -0.2) is 17.6 Å². The van der Waals surface area contributed by atoms with Gasteiger partial charge in [0, 0.05) is 10.6 Å². The fourth-order valence-electron chi connectivity index (χ4n) is 3.96. The lowest BCUT2D eigenvalue weighted by Crippen LogP contribution is -2.40. The first kappa shape index (κ1) is 22.1. The minimum Gasteiger partial charge on any atom is -0.497 e. The minimum absolute atomic E-state index is 0.178. The summed E-state index contributed by atoms with van der Waals surface area (Å²) in [7, 11) is 1.59. The van der Waals surface area contributed by atoms with Gasteiger partial charge in [0.1, 0.15) is 5.75 Å². The van der Waals surface area contributed by atoms with Gasteiger partial charge in [-0.25, -0.2) is 4.99 Å². The normalized spacial score (nSPS) is 15.6. The molecule has 8 heteroatoms. The predicted octanol–water partition coefficient (Wildman–Crippen LogP) is 3.94. The fraction of sp³-hybridized carbons (Fsp3) is 0.115. The second kappa shape index (κ2) is 9.24. The number of para-hydroxylation sites is 1. The van der Waals surface area contributed by atoms with E-state index in [2.05, 4.69) is 10.3 Å². The molecule has 3 heterocycles. The average molecular weight is 488 g/mol. The molecule has 4 aromatic rings. The number of anilines is 1. The number of hydrogen-bond donors (Lipinski definition) is 1. The molecule has 0 aliphatic carbocycles. The molecule has 2 aromatic carbocycles. The third-order valence-electron chi connectivity index (χ3n) is 5.52. The Morgan fingerprint density at radius 1 is 1.12 bits per heavy atom. The Kier molecular flexibility index (Phi) is 6.00. The van der Waals surface area contributed by atoms with Gasteiger partial charge in [-0.2, -0.15) is 0 Å². The highest BCUT2D eigenvalue weighted by Gasteiger charge is 2.32. The van der Waals surface area contributed by atoms with E-state index in [9.17, 15) is 9.59 Å². The van der Waals surface area contributed by atoms with Crippen molar-refractivity contribution < 1.29 is 9.53 Å². The van der Waals surface area contributed by atoms with Crippen LogP contribution in [0.5, 0.6) is 5.75 Å². The molecular weight excluding hydrogens is 466 g/mol. The van der Waals surface area contributed by atoms with Crippen molar-refractivity contribution in [1.29, 1.82) is 0 Å². The Balaban J connectivity index is 1.70. The topological polar surface area (TPSA) is 72.7 Å². The maximum absolute atomic E-state index is 13.6. The Morgan fingerprint density at radius 2 is 1.94 bits per heavy atom. The predicted molar refractivity (Wildman–Crippen MR) is 136 cm³/mol. The number of rotatable bonds is 5. The van der Waals surface area contributed by atoms with E-state index in [1.807, 2.05) is 85.1 Å². The molecular formula is C26H21N3O3S2. The Morgan fingerprint density at radius 3 is 2.68 bits per heavy atom. The number of nitrogens with one attached hydrogen (secondary N) is 1. The zero-order valence-electron chi connectivity index (χ0n) is 18.5. The summed E-state index contributed by atoms with van der Waals surface area (Å²) >= 11 is 2.89. The molecule has 170 valence electrons. The molecule has 5 rings (SSSR count). The molecule has 0 spiro atoms. The van der Waals surface area contributed by atoms with Crippen LogP contribution in [0.15, 0.2) is 93.2 Å². The number of allylic oxidation sites excluding steroid dienone is 1. The van der Waals surface area contributed by atoms with Gasteiger partial charge >= 0.3 is 0 Å². The number of thiazole rings is 1. The van der Waals surface area contributed by atoms with Gasteiger partial charge in [-0.1, -0.05) is 47.7 Å². The summed E-state index contributed by atoms with van der Waals surface area (Å²) in [5.74, 6) is 0.350. The molecule has 1 atom stereocenters. The number of carbonyl (C=O) groups is 1. The first-order chi connectivity index (χ1) is 16.5. The molecule has 0 radical (unpaired) electrons. The molecule has 0 fully saturated rings. The summed E-state index contributed by atoms with van der Waals surface area (Å²) in [6.07, 6.45) is 1.88. The number of methoxy groups -OCH3 is 1. The number of fused-ring (bicyclic) bond motifs is 1. The lowest BCUT2D eigenvalue weighted by Gasteiger charge is -2.25. The SMILES string of the molecule is COc1cccc([C@H]2C(C(=O)Nc3ccccc3)=C(C)N=c3sc(=Cc4cccs4)c(=O)n32)c1. The van der Waals surface area contributed by atoms with Crippen molar-refractivity contribution in [3.05, 3.63) is 114 Å². The summed E-state index contributed by atoms with van der Waals surface area (Å²) in [4.78, 5) is 33.4. The van der Waals surface area contributed by atoms with Gasteiger partial charge in [-0.3, -0.25) is 14.2 Å². The Hall–Kier alpha value is -3.75. The van der Waals surface area contributed by atoms with Crippen molar-refractivity contribution in [1.82, 2.24) is 4.57 Å². The van der Waals surface area contributed by atoms with Crippen LogP contribution in [0.25, 0.3) is 6.08 Å². The van der Waals surface area contributed by atoms with Gasteiger partial charge < -0.3 is 10.1 Å². The average Bonchev–Trinajstić information content (AvgIpc) is 3.47. The second-order valence-electron chi connectivity index (χ2n) is 7.69. The van der Waals surface area contributed by atoms with Gasteiger partial charge in [-0.15, -0.1) is 11.3 Å². The molecule has 1 amide bonds. The molecule has 0 unspecified atom stereocenters. The quantitative estimate of drug-likeness (QED) is 0.463. The molecule has 1 aliphatic heterocycles. The maximum Gasteiger partial charge on any atom is 0.271 e. The van der Waals surface area contributed by atoms with E-state index < -0.39 is 6.04 Å². The van der Waals surface area contributed by atoms with Crippen molar-refractivity contribution in [2.45, 2.75) is 13.0 Å². The van der Waals surface area contributed by atoms with Crippen molar-refractivity contribution >= 4 is 40.3 Å². The highest BCUT2D eigenvalue weighted by molar-refractivity contribution is 7.11.